The summed E-state index contributed by atoms with van der Waals surface area (Å²) in [5, 5.41) is 14.6. The molecule has 0 atom stereocenters. The largest absolute Gasteiger partial charge is 0.497 e. The third-order valence-electron chi connectivity index (χ3n) is 4.94. The van der Waals surface area contributed by atoms with Crippen molar-refractivity contribution in [3.8, 4) is 11.4 Å². The standard InChI is InChI=1S/C24H24N4O2S2/c1-16-6-7-17(2)21(13-16)25-23(29)15-32-24-27-26-22(14-20-5-4-12-31-20)28(24)18-8-10-19(30-3)11-9-18/h4-13H,14-15H2,1-3H3,(H,25,29). The summed E-state index contributed by atoms with van der Waals surface area (Å²) >= 11 is 3.06. The number of benzene rings is 2. The fourth-order valence-corrected chi connectivity index (χ4v) is 4.73. The fraction of sp³-hybridized carbons (Fsp3) is 0.208. The Morgan fingerprint density at radius 1 is 1.12 bits per heavy atom. The van der Waals surface area contributed by atoms with Gasteiger partial charge >= 0.3 is 0 Å². The van der Waals surface area contributed by atoms with Gasteiger partial charge in [-0.05, 0) is 66.8 Å². The van der Waals surface area contributed by atoms with E-state index in [0.717, 1.165) is 34.1 Å². The Kier molecular flexibility index (Phi) is 6.92. The van der Waals surface area contributed by atoms with Crippen LogP contribution in [0.5, 0.6) is 5.75 Å². The first-order valence-electron chi connectivity index (χ1n) is 10.1. The van der Waals surface area contributed by atoms with Crippen LogP contribution >= 0.6 is 23.1 Å². The van der Waals surface area contributed by atoms with E-state index in [-0.39, 0.29) is 11.7 Å². The number of hydrogen-bond donors (Lipinski definition) is 1. The van der Waals surface area contributed by atoms with Gasteiger partial charge in [-0.3, -0.25) is 9.36 Å². The van der Waals surface area contributed by atoms with Crippen molar-refractivity contribution in [1.82, 2.24) is 14.8 Å². The first-order valence-corrected chi connectivity index (χ1v) is 12.0. The van der Waals surface area contributed by atoms with E-state index in [1.54, 1.807) is 18.4 Å². The van der Waals surface area contributed by atoms with E-state index in [1.807, 2.05) is 66.9 Å². The van der Waals surface area contributed by atoms with Crippen molar-refractivity contribution in [2.45, 2.75) is 25.4 Å². The van der Waals surface area contributed by atoms with Gasteiger partial charge in [0.15, 0.2) is 5.16 Å². The van der Waals surface area contributed by atoms with Crippen LogP contribution < -0.4 is 10.1 Å². The van der Waals surface area contributed by atoms with Gasteiger partial charge in [0.2, 0.25) is 5.91 Å². The smallest absolute Gasteiger partial charge is 0.234 e. The Labute approximate surface area is 195 Å². The molecule has 6 nitrogen and oxygen atoms in total. The third-order valence-corrected chi connectivity index (χ3v) is 6.75. The molecular formula is C24H24N4O2S2. The number of rotatable bonds is 8. The van der Waals surface area contributed by atoms with Crippen molar-refractivity contribution < 1.29 is 9.53 Å². The molecule has 2 aromatic heterocycles. The summed E-state index contributed by atoms with van der Waals surface area (Å²) in [7, 11) is 1.64. The number of thioether (sulfide) groups is 1. The number of nitrogens with one attached hydrogen (secondary N) is 1. The zero-order chi connectivity index (χ0) is 22.5. The molecule has 8 heteroatoms. The second kappa shape index (κ2) is 10.0. The van der Waals surface area contributed by atoms with Crippen LogP contribution in [0.25, 0.3) is 5.69 Å². The van der Waals surface area contributed by atoms with Gasteiger partial charge in [0.25, 0.3) is 0 Å². The Bertz CT molecular complexity index is 1200. The average Bonchev–Trinajstić information content (AvgIpc) is 3.45. The number of ether oxygens (including phenoxy) is 1. The number of carbonyl (C=O) groups excluding carboxylic acids is 1. The van der Waals surface area contributed by atoms with Crippen molar-refractivity contribution in [2.24, 2.45) is 0 Å². The van der Waals surface area contributed by atoms with Gasteiger partial charge < -0.3 is 10.1 Å². The van der Waals surface area contributed by atoms with Crippen molar-refractivity contribution in [3.63, 3.8) is 0 Å². The maximum atomic E-state index is 12.6. The second-order valence-corrected chi connectivity index (χ2v) is 9.32. The molecule has 0 aliphatic rings. The van der Waals surface area contributed by atoms with E-state index >= 15 is 0 Å². The Hall–Kier alpha value is -3.10. The highest BCUT2D eigenvalue weighted by molar-refractivity contribution is 7.99. The lowest BCUT2D eigenvalue weighted by molar-refractivity contribution is -0.113. The highest BCUT2D eigenvalue weighted by Gasteiger charge is 2.17. The second-order valence-electron chi connectivity index (χ2n) is 7.34. The van der Waals surface area contributed by atoms with E-state index in [9.17, 15) is 4.79 Å². The van der Waals surface area contributed by atoms with Crippen LogP contribution in [0.3, 0.4) is 0 Å². The molecule has 1 amide bonds. The van der Waals surface area contributed by atoms with Crippen LogP contribution in [0, 0.1) is 13.8 Å². The van der Waals surface area contributed by atoms with Gasteiger partial charge in [-0.1, -0.05) is 30.0 Å². The lowest BCUT2D eigenvalue weighted by Crippen LogP contribution is -2.15. The van der Waals surface area contributed by atoms with E-state index in [2.05, 4.69) is 27.0 Å². The van der Waals surface area contributed by atoms with Crippen molar-refractivity contribution >= 4 is 34.7 Å². The van der Waals surface area contributed by atoms with Gasteiger partial charge in [-0.2, -0.15) is 0 Å². The summed E-state index contributed by atoms with van der Waals surface area (Å²) in [6.07, 6.45) is 0.673. The summed E-state index contributed by atoms with van der Waals surface area (Å²) in [5.41, 5.74) is 3.91. The zero-order valence-electron chi connectivity index (χ0n) is 18.2. The van der Waals surface area contributed by atoms with Crippen molar-refractivity contribution in [1.29, 1.82) is 0 Å². The van der Waals surface area contributed by atoms with Crippen LogP contribution in [-0.2, 0) is 11.2 Å². The molecule has 0 aliphatic carbocycles. The van der Waals surface area contributed by atoms with Gasteiger partial charge in [-0.25, -0.2) is 0 Å². The van der Waals surface area contributed by atoms with E-state index in [1.165, 1.54) is 16.6 Å². The van der Waals surface area contributed by atoms with Gasteiger partial charge in [0.1, 0.15) is 11.6 Å². The number of carbonyl (C=O) groups is 1. The Morgan fingerprint density at radius 3 is 2.66 bits per heavy atom. The minimum atomic E-state index is -0.0761. The zero-order valence-corrected chi connectivity index (χ0v) is 19.8. The highest BCUT2D eigenvalue weighted by Crippen LogP contribution is 2.26. The van der Waals surface area contributed by atoms with Crippen molar-refractivity contribution in [3.05, 3.63) is 81.8 Å². The number of aryl methyl sites for hydroxylation is 2. The Balaban J connectivity index is 1.55. The van der Waals surface area contributed by atoms with Crippen LogP contribution in [0.2, 0.25) is 0 Å². The maximum Gasteiger partial charge on any atom is 0.234 e. The highest BCUT2D eigenvalue weighted by atomic mass is 32.2. The van der Waals surface area contributed by atoms with Crippen molar-refractivity contribution in [2.75, 3.05) is 18.2 Å². The molecule has 0 saturated carbocycles. The lowest BCUT2D eigenvalue weighted by atomic mass is 10.1. The molecule has 1 N–H and O–H groups in total. The molecule has 0 aliphatic heterocycles. The molecule has 32 heavy (non-hydrogen) atoms. The molecule has 164 valence electrons. The minimum absolute atomic E-state index is 0.0761. The number of nitrogens with zero attached hydrogens (tertiary/aromatic N) is 3. The number of hydrogen-bond acceptors (Lipinski definition) is 6. The fourth-order valence-electron chi connectivity index (χ4n) is 3.25. The quantitative estimate of drug-likeness (QED) is 0.360. The van der Waals surface area contributed by atoms with Crippen LogP contribution in [0.4, 0.5) is 5.69 Å². The summed E-state index contributed by atoms with van der Waals surface area (Å²) in [5.74, 6) is 1.77. The number of aromatic nitrogens is 3. The van der Waals surface area contributed by atoms with E-state index in [0.29, 0.717) is 11.6 Å². The van der Waals surface area contributed by atoms with Gasteiger partial charge in [-0.15, -0.1) is 21.5 Å². The molecule has 4 rings (SSSR count). The van der Waals surface area contributed by atoms with Crippen LogP contribution in [0.1, 0.15) is 21.8 Å². The number of anilines is 1. The Morgan fingerprint density at radius 2 is 1.94 bits per heavy atom. The normalized spacial score (nSPS) is 10.8. The molecule has 4 aromatic rings. The summed E-state index contributed by atoms with van der Waals surface area (Å²) in [6, 6.07) is 17.9. The molecular weight excluding hydrogens is 440 g/mol. The van der Waals surface area contributed by atoms with E-state index in [4.69, 9.17) is 4.74 Å². The molecule has 2 aromatic carbocycles. The predicted octanol–water partition coefficient (Wildman–Crippen LogP) is 5.28. The molecule has 0 saturated heterocycles. The topological polar surface area (TPSA) is 69.0 Å². The molecule has 0 bridgehead atoms. The lowest BCUT2D eigenvalue weighted by Gasteiger charge is -2.12. The van der Waals surface area contributed by atoms with E-state index < -0.39 is 0 Å². The number of amides is 1. The SMILES string of the molecule is COc1ccc(-n2c(Cc3cccs3)nnc2SCC(=O)Nc2cc(C)ccc2C)cc1. The molecule has 0 unspecified atom stereocenters. The predicted molar refractivity (Wildman–Crippen MR) is 130 cm³/mol. The minimum Gasteiger partial charge on any atom is -0.497 e. The third kappa shape index (κ3) is 5.20. The summed E-state index contributed by atoms with van der Waals surface area (Å²) < 4.78 is 7.30. The average molecular weight is 465 g/mol. The molecule has 0 fully saturated rings. The number of thiophene rings is 1. The first kappa shape index (κ1) is 22.1. The first-order chi connectivity index (χ1) is 15.5. The molecule has 2 heterocycles. The molecule has 0 spiro atoms. The summed E-state index contributed by atoms with van der Waals surface area (Å²) in [6.45, 7) is 4.00. The maximum absolute atomic E-state index is 12.6. The number of methoxy groups -OCH3 is 1. The van der Waals surface area contributed by atoms with Crippen LogP contribution in [0.15, 0.2) is 65.1 Å². The summed E-state index contributed by atoms with van der Waals surface area (Å²) in [4.78, 5) is 13.8. The van der Waals surface area contributed by atoms with Gasteiger partial charge in [0, 0.05) is 22.7 Å². The van der Waals surface area contributed by atoms with Gasteiger partial charge in [0.05, 0.1) is 12.9 Å². The molecule has 0 radical (unpaired) electrons. The van der Waals surface area contributed by atoms with Crippen LogP contribution in [-0.4, -0.2) is 33.5 Å². The monoisotopic (exact) mass is 464 g/mol.